The molecule has 3 aromatic rings. The zero-order chi connectivity index (χ0) is 19.6. The molecule has 0 amide bonds. The molecule has 4 rings (SSSR count). The van der Waals surface area contributed by atoms with Crippen LogP contribution in [0.15, 0.2) is 18.3 Å². The van der Waals surface area contributed by atoms with Gasteiger partial charge in [0.1, 0.15) is 5.82 Å². The monoisotopic (exact) mass is 407 g/mol. The molecule has 1 aliphatic rings. The summed E-state index contributed by atoms with van der Waals surface area (Å²) in [5, 5.41) is 15.4. The van der Waals surface area contributed by atoms with Crippen molar-refractivity contribution < 1.29 is 5.11 Å². The number of rotatable bonds is 3. The fourth-order valence-corrected chi connectivity index (χ4v) is 3.72. The maximum Gasteiger partial charge on any atom is 0.172 e. The van der Waals surface area contributed by atoms with E-state index in [4.69, 9.17) is 23.2 Å². The lowest BCUT2D eigenvalue weighted by Gasteiger charge is -2.16. The molecule has 1 N–H and O–H groups in total. The van der Waals surface area contributed by atoms with Gasteiger partial charge in [-0.3, -0.25) is 4.68 Å². The SMILES string of the molecule is CC.Cn1nc(Cc2cc(Cl)c(O)c(Cl)n2)c2cnc(N3CCCC3)cc21. The van der Waals surface area contributed by atoms with Gasteiger partial charge in [-0.2, -0.15) is 5.10 Å². The molecule has 6 nitrogen and oxygen atoms in total. The van der Waals surface area contributed by atoms with E-state index in [1.807, 2.05) is 31.8 Å². The fraction of sp³-hybridized carbons (Fsp3) is 0.421. The molecule has 0 atom stereocenters. The minimum atomic E-state index is -0.199. The van der Waals surface area contributed by atoms with Gasteiger partial charge in [0.2, 0.25) is 0 Å². The summed E-state index contributed by atoms with van der Waals surface area (Å²) in [6.45, 7) is 6.11. The van der Waals surface area contributed by atoms with E-state index < -0.39 is 0 Å². The third-order valence-electron chi connectivity index (χ3n) is 4.53. The van der Waals surface area contributed by atoms with Gasteiger partial charge in [-0.05, 0) is 18.9 Å². The lowest BCUT2D eigenvalue weighted by atomic mass is 10.1. The average molecular weight is 408 g/mol. The second-order valence-electron chi connectivity index (χ2n) is 6.24. The van der Waals surface area contributed by atoms with Gasteiger partial charge in [0.05, 0.1) is 16.2 Å². The highest BCUT2D eigenvalue weighted by atomic mass is 35.5. The Morgan fingerprint density at radius 3 is 2.52 bits per heavy atom. The number of anilines is 1. The predicted octanol–water partition coefficient (Wildman–Crippen LogP) is 4.59. The van der Waals surface area contributed by atoms with Gasteiger partial charge in [-0.15, -0.1) is 0 Å². The van der Waals surface area contributed by atoms with Crippen LogP contribution in [0.4, 0.5) is 5.82 Å². The smallest absolute Gasteiger partial charge is 0.172 e. The molecule has 0 aliphatic carbocycles. The van der Waals surface area contributed by atoms with Crippen molar-refractivity contribution >= 4 is 39.9 Å². The van der Waals surface area contributed by atoms with Crippen LogP contribution in [0.3, 0.4) is 0 Å². The van der Waals surface area contributed by atoms with Crippen molar-refractivity contribution in [2.75, 3.05) is 18.0 Å². The first kappa shape index (κ1) is 19.7. The van der Waals surface area contributed by atoms with Gasteiger partial charge in [0.25, 0.3) is 0 Å². The standard InChI is InChI=1S/C17H17Cl2N5O.C2H6/c1-23-14-8-15(24-4-2-3-5-24)20-9-11(14)13(22-23)7-10-6-12(18)16(25)17(19)21-10;1-2/h6,8-9,25H,2-5,7H2,1H3;1-2H3. The maximum atomic E-state index is 9.65. The minimum Gasteiger partial charge on any atom is -0.504 e. The molecule has 0 bridgehead atoms. The van der Waals surface area contributed by atoms with Gasteiger partial charge in [-0.25, -0.2) is 9.97 Å². The van der Waals surface area contributed by atoms with Crippen molar-refractivity contribution in [2.45, 2.75) is 33.1 Å². The summed E-state index contributed by atoms with van der Waals surface area (Å²) in [5.41, 5.74) is 2.53. The van der Waals surface area contributed by atoms with E-state index in [-0.39, 0.29) is 15.9 Å². The van der Waals surface area contributed by atoms with E-state index in [9.17, 15) is 5.11 Å². The van der Waals surface area contributed by atoms with Gasteiger partial charge < -0.3 is 10.0 Å². The summed E-state index contributed by atoms with van der Waals surface area (Å²) >= 11 is 11.9. The number of pyridine rings is 2. The largest absolute Gasteiger partial charge is 0.504 e. The molecule has 0 radical (unpaired) electrons. The number of aromatic nitrogens is 4. The number of nitrogens with zero attached hydrogens (tertiary/aromatic N) is 5. The molecule has 1 fully saturated rings. The van der Waals surface area contributed by atoms with Crippen LogP contribution in [0.1, 0.15) is 38.1 Å². The molecular weight excluding hydrogens is 385 g/mol. The molecule has 0 unspecified atom stereocenters. The van der Waals surface area contributed by atoms with E-state index in [0.717, 1.165) is 35.5 Å². The predicted molar refractivity (Wildman–Crippen MR) is 110 cm³/mol. The Bertz CT molecular complexity index is 928. The molecule has 0 aromatic carbocycles. The van der Waals surface area contributed by atoms with E-state index in [1.165, 1.54) is 12.8 Å². The van der Waals surface area contributed by atoms with Crippen LogP contribution >= 0.6 is 23.2 Å². The van der Waals surface area contributed by atoms with Crippen molar-refractivity contribution in [1.82, 2.24) is 19.7 Å². The van der Waals surface area contributed by atoms with Crippen molar-refractivity contribution in [2.24, 2.45) is 7.05 Å². The highest BCUT2D eigenvalue weighted by molar-refractivity contribution is 6.36. The van der Waals surface area contributed by atoms with Crippen molar-refractivity contribution in [1.29, 1.82) is 0 Å². The maximum absolute atomic E-state index is 9.65. The van der Waals surface area contributed by atoms with Crippen LogP contribution in [0, 0.1) is 0 Å². The fourth-order valence-electron chi connectivity index (χ4n) is 3.25. The highest BCUT2D eigenvalue weighted by Gasteiger charge is 2.17. The Kier molecular flexibility index (Phi) is 6.07. The molecule has 4 heterocycles. The minimum absolute atomic E-state index is 0.00261. The number of hydrogen-bond donors (Lipinski definition) is 1. The van der Waals surface area contributed by atoms with E-state index in [1.54, 1.807) is 6.07 Å². The number of hydrogen-bond acceptors (Lipinski definition) is 5. The van der Waals surface area contributed by atoms with Crippen molar-refractivity contribution in [3.63, 3.8) is 0 Å². The number of fused-ring (bicyclic) bond motifs is 1. The summed E-state index contributed by atoms with van der Waals surface area (Å²) in [5.74, 6) is 0.795. The second-order valence-corrected chi connectivity index (χ2v) is 7.00. The van der Waals surface area contributed by atoms with Gasteiger partial charge >= 0.3 is 0 Å². The van der Waals surface area contributed by atoms with Crippen LogP contribution in [0.2, 0.25) is 10.2 Å². The molecule has 1 saturated heterocycles. The Balaban J connectivity index is 0.00000102. The van der Waals surface area contributed by atoms with E-state index >= 15 is 0 Å². The zero-order valence-electron chi connectivity index (χ0n) is 15.7. The second kappa shape index (κ2) is 8.31. The normalized spacial score (nSPS) is 13.7. The van der Waals surface area contributed by atoms with Crippen LogP contribution in [-0.4, -0.2) is 37.9 Å². The molecule has 8 heteroatoms. The van der Waals surface area contributed by atoms with Crippen molar-refractivity contribution in [3.8, 4) is 5.75 Å². The van der Waals surface area contributed by atoms with Crippen LogP contribution in [0.25, 0.3) is 10.9 Å². The molecule has 3 aromatic heterocycles. The molecule has 27 heavy (non-hydrogen) atoms. The summed E-state index contributed by atoms with van der Waals surface area (Å²) in [7, 11) is 1.92. The lowest BCUT2D eigenvalue weighted by molar-refractivity contribution is 0.473. The van der Waals surface area contributed by atoms with Gasteiger partial charge in [0, 0.05) is 49.9 Å². The van der Waals surface area contributed by atoms with Crippen molar-refractivity contribution in [3.05, 3.63) is 39.9 Å². The first-order valence-electron chi connectivity index (χ1n) is 9.13. The van der Waals surface area contributed by atoms with E-state index in [2.05, 4.69) is 26.0 Å². The zero-order valence-corrected chi connectivity index (χ0v) is 17.2. The first-order chi connectivity index (χ1) is 13.0. The lowest BCUT2D eigenvalue weighted by Crippen LogP contribution is -2.18. The van der Waals surface area contributed by atoms with E-state index in [0.29, 0.717) is 12.1 Å². The quantitative estimate of drug-likeness (QED) is 0.642. The summed E-state index contributed by atoms with van der Waals surface area (Å²) in [6.07, 6.45) is 4.76. The Morgan fingerprint density at radius 2 is 1.85 bits per heavy atom. The van der Waals surface area contributed by atoms with Gasteiger partial charge in [-0.1, -0.05) is 37.0 Å². The number of halogens is 2. The summed E-state index contributed by atoms with van der Waals surface area (Å²) < 4.78 is 1.86. The highest BCUT2D eigenvalue weighted by Crippen LogP contribution is 2.31. The average Bonchev–Trinajstić information content (AvgIpc) is 3.30. The summed E-state index contributed by atoms with van der Waals surface area (Å²) in [4.78, 5) is 11.1. The Hall–Kier alpha value is -2.05. The first-order valence-corrected chi connectivity index (χ1v) is 9.89. The molecule has 1 aliphatic heterocycles. The van der Waals surface area contributed by atoms with Crippen LogP contribution < -0.4 is 4.90 Å². The summed E-state index contributed by atoms with van der Waals surface area (Å²) in [6, 6.07) is 3.69. The van der Waals surface area contributed by atoms with Gasteiger partial charge in [0.15, 0.2) is 10.9 Å². The molecule has 144 valence electrons. The number of aromatic hydroxyl groups is 1. The number of aryl methyl sites for hydroxylation is 1. The Morgan fingerprint density at radius 1 is 1.15 bits per heavy atom. The third kappa shape index (κ3) is 3.96. The molecule has 0 spiro atoms. The van der Waals surface area contributed by atoms with Crippen LogP contribution in [-0.2, 0) is 13.5 Å². The topological polar surface area (TPSA) is 67.1 Å². The Labute approximate surface area is 168 Å². The molecule has 0 saturated carbocycles. The third-order valence-corrected chi connectivity index (χ3v) is 5.08. The van der Waals surface area contributed by atoms with Crippen LogP contribution in [0.5, 0.6) is 5.75 Å². The molecular formula is C19H23Cl2N5O.